The highest BCUT2D eigenvalue weighted by atomic mass is 19.3. The molecule has 2 rings (SSSR count). The van der Waals surface area contributed by atoms with E-state index in [0.29, 0.717) is 18.8 Å². The normalized spacial score (nSPS) is 30.4. The largest absolute Gasteiger partial charge is 0.508 e. The molecule has 1 fully saturated rings. The van der Waals surface area contributed by atoms with Crippen LogP contribution in [0.25, 0.3) is 0 Å². The van der Waals surface area contributed by atoms with Gasteiger partial charge in [-0.3, -0.25) is 0 Å². The highest BCUT2D eigenvalue weighted by Crippen LogP contribution is 2.42. The van der Waals surface area contributed by atoms with Gasteiger partial charge in [0.25, 0.3) is 0 Å². The van der Waals surface area contributed by atoms with E-state index < -0.39 is 17.4 Å². The van der Waals surface area contributed by atoms with Gasteiger partial charge < -0.3 is 9.84 Å². The van der Waals surface area contributed by atoms with Crippen LogP contribution in [0.2, 0.25) is 0 Å². The van der Waals surface area contributed by atoms with Crippen molar-refractivity contribution in [3.8, 4) is 0 Å². The van der Waals surface area contributed by atoms with Crippen LogP contribution >= 0.6 is 0 Å². The number of ether oxygens (including phenoxy) is 1. The van der Waals surface area contributed by atoms with Crippen LogP contribution in [0.15, 0.2) is 35.8 Å². The minimum absolute atomic E-state index is 0.101. The van der Waals surface area contributed by atoms with Crippen LogP contribution in [0.1, 0.15) is 72.1 Å². The maximum atomic E-state index is 14.6. The summed E-state index contributed by atoms with van der Waals surface area (Å²) >= 11 is 0. The van der Waals surface area contributed by atoms with E-state index in [2.05, 4.69) is 13.8 Å². The average Bonchev–Trinajstić information content (AvgIpc) is 2.66. The van der Waals surface area contributed by atoms with Crippen molar-refractivity contribution >= 4 is 0 Å². The Labute approximate surface area is 150 Å². The number of hydrogen-bond acceptors (Lipinski definition) is 2. The van der Waals surface area contributed by atoms with Crippen LogP contribution < -0.4 is 0 Å². The Morgan fingerprint density at radius 3 is 2.48 bits per heavy atom. The number of hydrogen-bond donors (Lipinski definition) is 1. The molecule has 1 atom stereocenters. The van der Waals surface area contributed by atoms with E-state index in [1.165, 1.54) is 12.2 Å². The minimum atomic E-state index is -3.17. The first-order valence-electron chi connectivity index (χ1n) is 9.63. The van der Waals surface area contributed by atoms with E-state index in [4.69, 9.17) is 4.74 Å². The predicted molar refractivity (Wildman–Crippen MR) is 97.3 cm³/mol. The molecule has 2 aliphatic rings. The Balaban J connectivity index is 2.10. The Bertz CT molecular complexity index is 528. The Morgan fingerprint density at radius 2 is 1.84 bits per heavy atom. The molecule has 1 N–H and O–H groups in total. The lowest BCUT2D eigenvalue weighted by molar-refractivity contribution is -0.254. The molecule has 0 bridgehead atoms. The zero-order chi connectivity index (χ0) is 18.5. The molecule has 2 nitrogen and oxygen atoms in total. The third-order valence-corrected chi connectivity index (χ3v) is 5.43. The molecule has 1 unspecified atom stereocenters. The standard InChI is InChI=1S/C21H32F2O2/c1-4-5-6-13-20(3)14-18(24)11-12-19(15-20)25-21(22,23)17-9-7-16(2)8-10-17/h11-12,14-17,24H,4-10,13H2,1-3H3. The van der Waals surface area contributed by atoms with E-state index in [0.717, 1.165) is 38.5 Å². The molecule has 0 saturated heterocycles. The number of allylic oxidation sites excluding steroid dienone is 4. The monoisotopic (exact) mass is 354 g/mol. The Kier molecular flexibility index (Phi) is 6.70. The third-order valence-electron chi connectivity index (χ3n) is 5.43. The lowest BCUT2D eigenvalue weighted by Gasteiger charge is -2.32. The molecule has 0 amide bonds. The molecule has 0 spiro atoms. The number of rotatable bonds is 7. The first-order chi connectivity index (χ1) is 11.7. The van der Waals surface area contributed by atoms with Crippen molar-refractivity contribution in [1.29, 1.82) is 0 Å². The van der Waals surface area contributed by atoms with Crippen molar-refractivity contribution in [2.24, 2.45) is 17.3 Å². The van der Waals surface area contributed by atoms with Gasteiger partial charge >= 0.3 is 6.11 Å². The van der Waals surface area contributed by atoms with Gasteiger partial charge in [0.15, 0.2) is 0 Å². The summed E-state index contributed by atoms with van der Waals surface area (Å²) in [7, 11) is 0. The van der Waals surface area contributed by atoms with Gasteiger partial charge in [0, 0.05) is 5.41 Å². The number of aliphatic hydroxyl groups excluding tert-OH is 1. The fourth-order valence-electron chi connectivity index (χ4n) is 3.77. The zero-order valence-electron chi connectivity index (χ0n) is 15.7. The summed E-state index contributed by atoms with van der Waals surface area (Å²) < 4.78 is 34.4. The third kappa shape index (κ3) is 5.86. The number of alkyl halides is 2. The quantitative estimate of drug-likeness (QED) is 0.504. The average molecular weight is 354 g/mol. The molecular weight excluding hydrogens is 322 g/mol. The number of halogens is 2. The van der Waals surface area contributed by atoms with E-state index >= 15 is 0 Å². The molecule has 0 aromatic rings. The second-order valence-corrected chi connectivity index (χ2v) is 8.03. The summed E-state index contributed by atoms with van der Waals surface area (Å²) in [5.74, 6) is 0.0489. The molecule has 0 radical (unpaired) electrons. The van der Waals surface area contributed by atoms with Gasteiger partial charge in [-0.25, -0.2) is 0 Å². The van der Waals surface area contributed by atoms with Crippen molar-refractivity contribution in [1.82, 2.24) is 0 Å². The van der Waals surface area contributed by atoms with Crippen LogP contribution in [0.3, 0.4) is 0 Å². The molecule has 4 heteroatoms. The summed E-state index contributed by atoms with van der Waals surface area (Å²) in [6.07, 6.45) is 9.82. The van der Waals surface area contributed by atoms with Gasteiger partial charge in [-0.15, -0.1) is 0 Å². The first-order valence-corrected chi connectivity index (χ1v) is 9.63. The van der Waals surface area contributed by atoms with Crippen LogP contribution in [-0.4, -0.2) is 11.2 Å². The van der Waals surface area contributed by atoms with Crippen LogP contribution in [0, 0.1) is 17.3 Å². The van der Waals surface area contributed by atoms with Gasteiger partial charge in [0.1, 0.15) is 11.5 Å². The Morgan fingerprint density at radius 1 is 1.16 bits per heavy atom. The van der Waals surface area contributed by atoms with Gasteiger partial charge in [-0.2, -0.15) is 8.78 Å². The van der Waals surface area contributed by atoms with Crippen LogP contribution in [0.5, 0.6) is 0 Å². The van der Waals surface area contributed by atoms with Crippen molar-refractivity contribution in [3.05, 3.63) is 35.8 Å². The molecule has 1 saturated carbocycles. The summed E-state index contributed by atoms with van der Waals surface area (Å²) in [6, 6.07) is 0. The van der Waals surface area contributed by atoms with Crippen molar-refractivity contribution in [2.45, 2.75) is 78.2 Å². The molecule has 0 aromatic heterocycles. The fourth-order valence-corrected chi connectivity index (χ4v) is 3.77. The highest BCUT2D eigenvalue weighted by Gasteiger charge is 2.44. The SMILES string of the molecule is CCCCCC1(C)C=C(O)C=CC(OC(F)(F)C2CCC(C)CC2)=C1. The topological polar surface area (TPSA) is 29.5 Å². The molecule has 0 heterocycles. The summed E-state index contributed by atoms with van der Waals surface area (Å²) in [5, 5.41) is 9.97. The van der Waals surface area contributed by atoms with Crippen molar-refractivity contribution < 1.29 is 18.6 Å². The molecule has 142 valence electrons. The molecular formula is C21H32F2O2. The van der Waals surface area contributed by atoms with Gasteiger partial charge in [-0.05, 0) is 49.5 Å². The van der Waals surface area contributed by atoms with E-state index in [1.54, 1.807) is 12.2 Å². The molecule has 2 aliphatic carbocycles. The number of unbranched alkanes of at least 4 members (excludes halogenated alkanes) is 2. The summed E-state index contributed by atoms with van der Waals surface area (Å²) in [4.78, 5) is 0. The van der Waals surface area contributed by atoms with Crippen LogP contribution in [0.4, 0.5) is 8.78 Å². The minimum Gasteiger partial charge on any atom is -0.508 e. The molecule has 25 heavy (non-hydrogen) atoms. The predicted octanol–water partition coefficient (Wildman–Crippen LogP) is 6.90. The summed E-state index contributed by atoms with van der Waals surface area (Å²) in [5.41, 5.74) is -0.477. The van der Waals surface area contributed by atoms with E-state index in [1.807, 2.05) is 6.92 Å². The van der Waals surface area contributed by atoms with Crippen molar-refractivity contribution in [2.75, 3.05) is 0 Å². The maximum absolute atomic E-state index is 14.6. The second kappa shape index (κ2) is 8.37. The maximum Gasteiger partial charge on any atom is 0.400 e. The fraction of sp³-hybridized carbons (Fsp3) is 0.714. The van der Waals surface area contributed by atoms with Gasteiger partial charge in [0.2, 0.25) is 0 Å². The lowest BCUT2D eigenvalue weighted by Crippen LogP contribution is -2.34. The van der Waals surface area contributed by atoms with E-state index in [9.17, 15) is 13.9 Å². The smallest absolute Gasteiger partial charge is 0.400 e. The number of aliphatic hydroxyl groups is 1. The first kappa shape index (κ1) is 20.0. The van der Waals surface area contributed by atoms with Crippen molar-refractivity contribution in [3.63, 3.8) is 0 Å². The molecule has 0 aromatic carbocycles. The van der Waals surface area contributed by atoms with Gasteiger partial charge in [-0.1, -0.05) is 52.9 Å². The van der Waals surface area contributed by atoms with Gasteiger partial charge in [0.05, 0.1) is 5.92 Å². The van der Waals surface area contributed by atoms with Crippen LogP contribution in [-0.2, 0) is 4.74 Å². The lowest BCUT2D eigenvalue weighted by atomic mass is 9.82. The molecule has 0 aliphatic heterocycles. The highest BCUT2D eigenvalue weighted by molar-refractivity contribution is 5.31. The Hall–Kier alpha value is -1.32. The van der Waals surface area contributed by atoms with E-state index in [-0.39, 0.29) is 11.5 Å². The second-order valence-electron chi connectivity index (χ2n) is 8.03. The zero-order valence-corrected chi connectivity index (χ0v) is 15.7. The summed E-state index contributed by atoms with van der Waals surface area (Å²) in [6.45, 7) is 6.19.